The van der Waals surface area contributed by atoms with Gasteiger partial charge in [-0.3, -0.25) is 4.79 Å². The second kappa shape index (κ2) is 7.74. The maximum absolute atomic E-state index is 12.1. The number of ether oxygens (including phenoxy) is 2. The molecule has 138 valence electrons. The Morgan fingerprint density at radius 3 is 2.81 bits per heavy atom. The lowest BCUT2D eigenvalue weighted by molar-refractivity contribution is -0.142. The molecule has 3 aromatic rings. The number of phenolic OH excluding ortho intramolecular Hbond substituents is 1. The highest BCUT2D eigenvalue weighted by molar-refractivity contribution is 5.87. The van der Waals surface area contributed by atoms with E-state index in [-0.39, 0.29) is 17.1 Å². The van der Waals surface area contributed by atoms with Crippen LogP contribution in [0.25, 0.3) is 17.0 Å². The van der Waals surface area contributed by atoms with Crippen LogP contribution in [-0.4, -0.2) is 28.2 Å². The summed E-state index contributed by atoms with van der Waals surface area (Å²) in [4.78, 5) is 31.1. The lowest BCUT2D eigenvalue weighted by atomic mass is 10.2. The molecule has 2 N–H and O–H groups in total. The van der Waals surface area contributed by atoms with E-state index in [1.165, 1.54) is 25.3 Å². The Morgan fingerprint density at radius 1 is 1.26 bits per heavy atom. The number of methoxy groups -OCH3 is 1. The van der Waals surface area contributed by atoms with Gasteiger partial charge in [0.05, 0.1) is 18.0 Å². The van der Waals surface area contributed by atoms with Gasteiger partial charge in [0.2, 0.25) is 0 Å². The van der Waals surface area contributed by atoms with Crippen LogP contribution in [0.2, 0.25) is 0 Å². The van der Waals surface area contributed by atoms with Gasteiger partial charge in [-0.15, -0.1) is 0 Å². The van der Waals surface area contributed by atoms with Gasteiger partial charge >= 0.3 is 5.97 Å². The Bertz CT molecular complexity index is 1070. The first-order chi connectivity index (χ1) is 13.0. The van der Waals surface area contributed by atoms with Crippen LogP contribution < -0.4 is 10.3 Å². The van der Waals surface area contributed by atoms with Crippen molar-refractivity contribution in [2.24, 2.45) is 0 Å². The fraction of sp³-hybridized carbons (Fsp3) is 0.150. The molecule has 0 saturated heterocycles. The van der Waals surface area contributed by atoms with Gasteiger partial charge in [0.1, 0.15) is 0 Å². The molecule has 0 radical (unpaired) electrons. The molecule has 7 nitrogen and oxygen atoms in total. The number of nitrogens with one attached hydrogen (secondary N) is 1. The maximum Gasteiger partial charge on any atom is 0.331 e. The minimum atomic E-state index is -0.728. The summed E-state index contributed by atoms with van der Waals surface area (Å²) < 4.78 is 10.3. The highest BCUT2D eigenvalue weighted by atomic mass is 16.5. The molecule has 0 spiro atoms. The first-order valence-corrected chi connectivity index (χ1v) is 8.22. The number of hydrogen-bond donors (Lipinski definition) is 2. The number of aromatic nitrogens is 2. The summed E-state index contributed by atoms with van der Waals surface area (Å²) in [7, 11) is 1.44. The monoisotopic (exact) mass is 366 g/mol. The van der Waals surface area contributed by atoms with E-state index in [1.807, 2.05) is 0 Å². The van der Waals surface area contributed by atoms with Crippen molar-refractivity contribution in [1.82, 2.24) is 9.97 Å². The number of nitrogens with zero attached hydrogens (tertiary/aromatic N) is 1. The fourth-order valence-corrected chi connectivity index (χ4v) is 2.53. The molecule has 0 unspecified atom stereocenters. The van der Waals surface area contributed by atoms with Crippen molar-refractivity contribution >= 4 is 22.9 Å². The van der Waals surface area contributed by atoms with Crippen molar-refractivity contribution < 1.29 is 19.4 Å². The lowest BCUT2D eigenvalue weighted by Crippen LogP contribution is -2.16. The summed E-state index contributed by atoms with van der Waals surface area (Å²) in [6.45, 7) is 1.63. The van der Waals surface area contributed by atoms with E-state index in [4.69, 9.17) is 9.47 Å². The number of phenols is 1. The second-order valence-corrected chi connectivity index (χ2v) is 5.81. The smallest absolute Gasteiger partial charge is 0.331 e. The van der Waals surface area contributed by atoms with Gasteiger partial charge in [0, 0.05) is 6.08 Å². The number of benzene rings is 2. The molecule has 1 heterocycles. The summed E-state index contributed by atoms with van der Waals surface area (Å²) in [5, 5.41) is 10.1. The van der Waals surface area contributed by atoms with Crippen LogP contribution in [0.5, 0.6) is 11.5 Å². The van der Waals surface area contributed by atoms with Gasteiger partial charge in [0.15, 0.2) is 23.4 Å². The summed E-state index contributed by atoms with van der Waals surface area (Å²) in [6.07, 6.45) is 2.06. The lowest BCUT2D eigenvalue weighted by Gasteiger charge is -2.11. The third-order valence-corrected chi connectivity index (χ3v) is 3.92. The van der Waals surface area contributed by atoms with Crippen LogP contribution in [0, 0.1) is 0 Å². The van der Waals surface area contributed by atoms with Crippen molar-refractivity contribution in [3.63, 3.8) is 0 Å². The zero-order valence-corrected chi connectivity index (χ0v) is 14.8. The molecular weight excluding hydrogens is 348 g/mol. The molecule has 0 aliphatic rings. The molecule has 27 heavy (non-hydrogen) atoms. The number of H-pyrrole nitrogens is 1. The highest BCUT2D eigenvalue weighted by Gasteiger charge is 2.14. The molecule has 3 rings (SSSR count). The van der Waals surface area contributed by atoms with E-state index in [0.29, 0.717) is 22.2 Å². The molecule has 2 aromatic carbocycles. The van der Waals surface area contributed by atoms with Gasteiger partial charge in [-0.1, -0.05) is 18.2 Å². The van der Waals surface area contributed by atoms with Crippen molar-refractivity contribution in [3.8, 4) is 11.5 Å². The molecule has 1 atom stereocenters. The summed E-state index contributed by atoms with van der Waals surface area (Å²) >= 11 is 0. The predicted molar refractivity (Wildman–Crippen MR) is 101 cm³/mol. The van der Waals surface area contributed by atoms with Crippen LogP contribution >= 0.6 is 0 Å². The van der Waals surface area contributed by atoms with Gasteiger partial charge in [-0.25, -0.2) is 9.78 Å². The standard InChI is InChI=1S/C20H18N2O5/c1-12(19-21-15-6-4-3-5-14(15)20(25)22-19)27-18(24)10-8-13-7-9-16(23)17(11-13)26-2/h3-12,23H,1-2H3,(H,21,22,25)/b10-8+/t12-/m1/s1. The topological polar surface area (TPSA) is 102 Å². The minimum absolute atomic E-state index is 0.0113. The Morgan fingerprint density at radius 2 is 2.04 bits per heavy atom. The minimum Gasteiger partial charge on any atom is -0.504 e. The van der Waals surface area contributed by atoms with E-state index in [9.17, 15) is 14.7 Å². The number of aromatic hydroxyl groups is 1. The van der Waals surface area contributed by atoms with Crippen molar-refractivity contribution in [2.75, 3.05) is 7.11 Å². The van der Waals surface area contributed by atoms with Crippen LogP contribution in [0.4, 0.5) is 0 Å². The molecule has 0 bridgehead atoms. The van der Waals surface area contributed by atoms with Crippen LogP contribution in [0.15, 0.2) is 53.3 Å². The van der Waals surface area contributed by atoms with Gasteiger partial charge in [-0.2, -0.15) is 0 Å². The second-order valence-electron chi connectivity index (χ2n) is 5.81. The van der Waals surface area contributed by atoms with E-state index in [0.717, 1.165) is 0 Å². The first kappa shape index (κ1) is 18.2. The maximum atomic E-state index is 12.1. The van der Waals surface area contributed by atoms with Crippen molar-refractivity contribution in [3.05, 3.63) is 70.3 Å². The Balaban J connectivity index is 1.73. The first-order valence-electron chi connectivity index (χ1n) is 8.22. The number of hydrogen-bond acceptors (Lipinski definition) is 6. The van der Waals surface area contributed by atoms with Gasteiger partial charge in [0.25, 0.3) is 5.56 Å². The van der Waals surface area contributed by atoms with E-state index in [2.05, 4.69) is 9.97 Å². The number of carbonyl (C=O) groups excluding carboxylic acids is 1. The molecule has 7 heteroatoms. The number of para-hydroxylation sites is 1. The van der Waals surface area contributed by atoms with Crippen LogP contribution in [-0.2, 0) is 9.53 Å². The summed E-state index contributed by atoms with van der Waals surface area (Å²) in [5.41, 5.74) is 0.905. The molecule has 0 saturated carbocycles. The van der Waals surface area contributed by atoms with Crippen molar-refractivity contribution in [2.45, 2.75) is 13.0 Å². The average molecular weight is 366 g/mol. The zero-order chi connectivity index (χ0) is 19.4. The number of rotatable bonds is 5. The number of carbonyl (C=O) groups is 1. The largest absolute Gasteiger partial charge is 0.504 e. The Kier molecular flexibility index (Phi) is 5.21. The molecular formula is C20H18N2O5. The fourth-order valence-electron chi connectivity index (χ4n) is 2.53. The van der Waals surface area contributed by atoms with Gasteiger partial charge in [-0.05, 0) is 42.8 Å². The van der Waals surface area contributed by atoms with Crippen molar-refractivity contribution in [1.29, 1.82) is 0 Å². The summed E-state index contributed by atoms with van der Waals surface area (Å²) in [6, 6.07) is 11.6. The van der Waals surface area contributed by atoms with E-state index >= 15 is 0 Å². The normalized spacial score (nSPS) is 12.2. The Hall–Kier alpha value is -3.61. The third-order valence-electron chi connectivity index (χ3n) is 3.92. The molecule has 1 aromatic heterocycles. The highest BCUT2D eigenvalue weighted by Crippen LogP contribution is 2.26. The zero-order valence-electron chi connectivity index (χ0n) is 14.8. The summed E-state index contributed by atoms with van der Waals surface area (Å²) in [5.74, 6) is -0.00823. The number of fused-ring (bicyclic) bond motifs is 1. The molecule has 0 aliphatic carbocycles. The van der Waals surface area contributed by atoms with Crippen LogP contribution in [0.3, 0.4) is 0 Å². The third kappa shape index (κ3) is 4.14. The predicted octanol–water partition coefficient (Wildman–Crippen LogP) is 2.95. The van der Waals surface area contributed by atoms with E-state index in [1.54, 1.807) is 43.3 Å². The molecule has 0 fully saturated rings. The van der Waals surface area contributed by atoms with E-state index < -0.39 is 12.1 Å². The average Bonchev–Trinajstić information content (AvgIpc) is 2.67. The Labute approximate surface area is 154 Å². The molecule has 0 amide bonds. The van der Waals surface area contributed by atoms with Gasteiger partial charge < -0.3 is 19.6 Å². The number of esters is 1. The van der Waals surface area contributed by atoms with Crippen LogP contribution in [0.1, 0.15) is 24.4 Å². The number of aromatic amines is 1. The SMILES string of the molecule is COc1cc(/C=C/C(=O)O[C@H](C)c2nc3ccccc3c(=O)[nH]2)ccc1O. The molecule has 0 aliphatic heterocycles. The quantitative estimate of drug-likeness (QED) is 0.532.